The molecule has 0 N–H and O–H groups in total. The van der Waals surface area contributed by atoms with Gasteiger partial charge in [0.15, 0.2) is 0 Å². The summed E-state index contributed by atoms with van der Waals surface area (Å²) in [6.45, 7) is 3.65. The summed E-state index contributed by atoms with van der Waals surface area (Å²) >= 11 is 0. The normalized spacial score (nSPS) is 18.1. The van der Waals surface area contributed by atoms with Crippen LogP contribution in [0.4, 0.5) is 0 Å². The van der Waals surface area contributed by atoms with Crippen LogP contribution in [0.2, 0.25) is 0 Å². The van der Waals surface area contributed by atoms with Crippen LogP contribution in [-0.2, 0) is 0 Å². The molecule has 0 spiro atoms. The maximum atomic E-state index is 3.47. The van der Waals surface area contributed by atoms with Crippen LogP contribution in [0.3, 0.4) is 0 Å². The SMILES string of the molecule is CCCCCC[PH](P)(CCCCCC)C1CCCC1. The van der Waals surface area contributed by atoms with Crippen LogP contribution < -0.4 is 0 Å². The fourth-order valence-electron chi connectivity index (χ4n) is 3.80. The number of hydrogen-bond donors (Lipinski definition) is 0. The quantitative estimate of drug-likeness (QED) is 0.297. The van der Waals surface area contributed by atoms with Gasteiger partial charge >= 0.3 is 125 Å². The molecule has 1 atom stereocenters. The summed E-state index contributed by atoms with van der Waals surface area (Å²) < 4.78 is 0. The Balaban J connectivity index is 2.36. The molecule has 1 rings (SSSR count). The van der Waals surface area contributed by atoms with E-state index in [0.29, 0.717) is 0 Å². The van der Waals surface area contributed by atoms with Gasteiger partial charge in [-0.3, -0.25) is 0 Å². The Hall–Kier alpha value is 0.860. The molecule has 1 fully saturated rings. The van der Waals surface area contributed by atoms with E-state index in [2.05, 4.69) is 22.8 Å². The summed E-state index contributed by atoms with van der Waals surface area (Å²) in [5.74, 6) is 0. The summed E-state index contributed by atoms with van der Waals surface area (Å²) in [7, 11) is 3.47. The maximum absolute atomic E-state index is 3.47. The first-order valence-corrected chi connectivity index (χ1v) is 13.3. The predicted molar refractivity (Wildman–Crippen MR) is 98.3 cm³/mol. The summed E-state index contributed by atoms with van der Waals surface area (Å²) in [6.07, 6.45) is 21.1. The number of rotatable bonds is 11. The van der Waals surface area contributed by atoms with Gasteiger partial charge in [-0.05, 0) is 0 Å². The van der Waals surface area contributed by atoms with E-state index in [9.17, 15) is 0 Å². The number of hydrogen-bond acceptors (Lipinski definition) is 0. The van der Waals surface area contributed by atoms with Gasteiger partial charge in [0.25, 0.3) is 0 Å². The Bertz CT molecular complexity index is 197. The third-order valence-corrected chi connectivity index (χ3v) is 13.1. The fraction of sp³-hybridized carbons (Fsp3) is 1.00. The van der Waals surface area contributed by atoms with Crippen molar-refractivity contribution in [2.75, 3.05) is 12.3 Å². The zero-order valence-electron chi connectivity index (χ0n) is 13.6. The molecule has 0 bridgehead atoms. The molecular weight excluding hydrogens is 266 g/mol. The van der Waals surface area contributed by atoms with E-state index in [1.165, 1.54) is 64.2 Å². The Morgan fingerprint density at radius 1 is 0.789 bits per heavy atom. The molecular formula is C17H38P2. The van der Waals surface area contributed by atoms with E-state index < -0.39 is 6.95 Å². The Kier molecular flexibility index (Phi) is 9.96. The van der Waals surface area contributed by atoms with Crippen LogP contribution in [0.5, 0.6) is 0 Å². The Morgan fingerprint density at radius 2 is 1.26 bits per heavy atom. The summed E-state index contributed by atoms with van der Waals surface area (Å²) in [6, 6.07) is 0. The van der Waals surface area contributed by atoms with Crippen molar-refractivity contribution >= 4 is 15.9 Å². The summed E-state index contributed by atoms with van der Waals surface area (Å²) in [5.41, 5.74) is 1.15. The van der Waals surface area contributed by atoms with Gasteiger partial charge < -0.3 is 0 Å². The molecule has 0 radical (unpaired) electrons. The molecule has 2 heteroatoms. The van der Waals surface area contributed by atoms with Gasteiger partial charge in [-0.1, -0.05) is 0 Å². The minimum absolute atomic E-state index is 1.000. The molecule has 116 valence electrons. The fourth-order valence-corrected chi connectivity index (χ4v) is 10.5. The van der Waals surface area contributed by atoms with Crippen molar-refractivity contribution in [1.29, 1.82) is 0 Å². The van der Waals surface area contributed by atoms with E-state index in [1.54, 1.807) is 25.2 Å². The molecule has 0 aromatic heterocycles. The molecule has 1 unspecified atom stereocenters. The molecule has 19 heavy (non-hydrogen) atoms. The van der Waals surface area contributed by atoms with Crippen molar-refractivity contribution in [2.24, 2.45) is 0 Å². The molecule has 1 saturated carbocycles. The van der Waals surface area contributed by atoms with Crippen molar-refractivity contribution in [3.05, 3.63) is 0 Å². The monoisotopic (exact) mass is 304 g/mol. The molecule has 1 aliphatic carbocycles. The second kappa shape index (κ2) is 10.6. The van der Waals surface area contributed by atoms with Crippen LogP contribution in [0.15, 0.2) is 0 Å². The predicted octanol–water partition coefficient (Wildman–Crippen LogP) is 6.63. The Labute approximate surface area is 125 Å². The average Bonchev–Trinajstić information content (AvgIpc) is 2.95. The third kappa shape index (κ3) is 6.91. The molecule has 0 aromatic rings. The molecule has 0 amide bonds. The molecule has 0 nitrogen and oxygen atoms in total. The van der Waals surface area contributed by atoms with Gasteiger partial charge in [0, 0.05) is 0 Å². The van der Waals surface area contributed by atoms with E-state index in [1.807, 2.05) is 0 Å². The van der Waals surface area contributed by atoms with Crippen LogP contribution in [-0.4, -0.2) is 18.0 Å². The van der Waals surface area contributed by atoms with Gasteiger partial charge in [-0.2, -0.15) is 0 Å². The molecule has 0 aliphatic heterocycles. The van der Waals surface area contributed by atoms with Crippen LogP contribution >= 0.6 is 15.9 Å². The third-order valence-electron chi connectivity index (χ3n) is 5.16. The van der Waals surface area contributed by atoms with Gasteiger partial charge in [0.05, 0.1) is 0 Å². The number of unbranched alkanes of at least 4 members (excludes halogenated alkanes) is 6. The van der Waals surface area contributed by atoms with Gasteiger partial charge in [0.1, 0.15) is 0 Å². The van der Waals surface area contributed by atoms with Gasteiger partial charge in [-0.25, -0.2) is 0 Å². The summed E-state index contributed by atoms with van der Waals surface area (Å²) in [5, 5.41) is 0. The minimum atomic E-state index is -1.000. The first kappa shape index (κ1) is 17.9. The van der Waals surface area contributed by atoms with Crippen molar-refractivity contribution in [3.63, 3.8) is 0 Å². The van der Waals surface area contributed by atoms with E-state index in [-0.39, 0.29) is 0 Å². The van der Waals surface area contributed by atoms with Crippen molar-refractivity contribution in [1.82, 2.24) is 0 Å². The second-order valence-electron chi connectivity index (χ2n) is 6.84. The van der Waals surface area contributed by atoms with Crippen molar-refractivity contribution in [3.8, 4) is 0 Å². The van der Waals surface area contributed by atoms with Crippen molar-refractivity contribution in [2.45, 2.75) is 96.6 Å². The molecule has 1 aliphatic rings. The molecule has 0 saturated heterocycles. The topological polar surface area (TPSA) is 0 Å². The standard InChI is InChI=1S/C17H38P2/c1-3-5-7-11-15-19(18,16-12-8-6-4-2)17-13-9-10-14-17/h17,19H,3-16,18H2,1-2H3. The zero-order valence-corrected chi connectivity index (χ0v) is 15.7. The van der Waals surface area contributed by atoms with Crippen LogP contribution in [0, 0.1) is 0 Å². The molecule has 0 aromatic carbocycles. The zero-order chi connectivity index (χ0) is 14.0. The van der Waals surface area contributed by atoms with E-state index in [0.717, 1.165) is 5.66 Å². The van der Waals surface area contributed by atoms with Crippen molar-refractivity contribution < 1.29 is 0 Å². The first-order valence-electron chi connectivity index (χ1n) is 9.02. The summed E-state index contributed by atoms with van der Waals surface area (Å²) in [4.78, 5) is 0. The van der Waals surface area contributed by atoms with Crippen LogP contribution in [0.1, 0.15) is 90.9 Å². The van der Waals surface area contributed by atoms with Crippen LogP contribution in [0.25, 0.3) is 0 Å². The average molecular weight is 304 g/mol. The van der Waals surface area contributed by atoms with Gasteiger partial charge in [-0.15, -0.1) is 0 Å². The van der Waals surface area contributed by atoms with E-state index >= 15 is 0 Å². The first-order chi connectivity index (χ1) is 9.23. The Morgan fingerprint density at radius 3 is 1.68 bits per heavy atom. The second-order valence-corrected chi connectivity index (χ2v) is 14.6. The molecule has 0 heterocycles. The van der Waals surface area contributed by atoms with Gasteiger partial charge in [0.2, 0.25) is 0 Å². The van der Waals surface area contributed by atoms with E-state index in [4.69, 9.17) is 0 Å².